The third-order valence-corrected chi connectivity index (χ3v) is 1.87. The monoisotopic (exact) mass is 221 g/mol. The zero-order chi connectivity index (χ0) is 12.0. The van der Waals surface area contributed by atoms with Crippen LogP contribution in [0.1, 0.15) is 10.4 Å². The topological polar surface area (TPSA) is 49.1 Å². The molecule has 5 heteroatoms. The highest BCUT2D eigenvalue weighted by Crippen LogP contribution is 2.25. The fourth-order valence-corrected chi connectivity index (χ4v) is 1.15. The Morgan fingerprint density at radius 1 is 1.44 bits per heavy atom. The van der Waals surface area contributed by atoms with E-state index in [0.717, 1.165) is 0 Å². The number of carbonyl (C=O) groups is 1. The minimum atomic E-state index is -0.478. The van der Waals surface area contributed by atoms with Crippen molar-refractivity contribution in [3.63, 3.8) is 0 Å². The van der Waals surface area contributed by atoms with Crippen molar-refractivity contribution in [3.05, 3.63) is 35.2 Å². The van der Waals surface area contributed by atoms with Gasteiger partial charge in [-0.05, 0) is 12.1 Å². The van der Waals surface area contributed by atoms with Crippen LogP contribution in [0.5, 0.6) is 11.5 Å². The van der Waals surface area contributed by atoms with Crippen molar-refractivity contribution in [2.45, 2.75) is 0 Å². The minimum Gasteiger partial charge on any atom is -0.496 e. The number of methoxy groups -OCH3 is 2. The van der Waals surface area contributed by atoms with Crippen LogP contribution in [0.15, 0.2) is 18.2 Å². The first-order valence-electron chi connectivity index (χ1n) is 4.45. The molecule has 0 radical (unpaired) electrons. The van der Waals surface area contributed by atoms with Crippen molar-refractivity contribution < 1.29 is 19.0 Å². The summed E-state index contributed by atoms with van der Waals surface area (Å²) in [6, 6.07) is 4.65. The maximum absolute atomic E-state index is 11.3. The molecule has 0 aliphatic rings. The molecule has 0 aromatic heterocycles. The largest absolute Gasteiger partial charge is 0.496 e. The highest BCUT2D eigenvalue weighted by atomic mass is 16.5. The van der Waals surface area contributed by atoms with Gasteiger partial charge in [0.1, 0.15) is 17.1 Å². The maximum Gasteiger partial charge on any atom is 0.357 e. The molecule has 0 saturated heterocycles. The van der Waals surface area contributed by atoms with Crippen LogP contribution in [0.25, 0.3) is 4.85 Å². The van der Waals surface area contributed by atoms with Crippen LogP contribution >= 0.6 is 0 Å². The van der Waals surface area contributed by atoms with Crippen LogP contribution in [0.4, 0.5) is 0 Å². The van der Waals surface area contributed by atoms with Crippen LogP contribution in [0.3, 0.4) is 0 Å². The second-order valence-corrected chi connectivity index (χ2v) is 2.79. The van der Waals surface area contributed by atoms with Gasteiger partial charge in [0.05, 0.1) is 14.2 Å². The second-order valence-electron chi connectivity index (χ2n) is 2.79. The van der Waals surface area contributed by atoms with E-state index < -0.39 is 5.97 Å². The first-order valence-corrected chi connectivity index (χ1v) is 4.45. The van der Waals surface area contributed by atoms with Crippen molar-refractivity contribution in [3.8, 4) is 11.5 Å². The van der Waals surface area contributed by atoms with E-state index in [2.05, 4.69) is 9.58 Å². The molecule has 1 rings (SSSR count). The van der Waals surface area contributed by atoms with Gasteiger partial charge in [0.2, 0.25) is 0 Å². The summed E-state index contributed by atoms with van der Waals surface area (Å²) in [5.41, 5.74) is 0.320. The van der Waals surface area contributed by atoms with Gasteiger partial charge in [0.25, 0.3) is 0 Å². The minimum absolute atomic E-state index is 0.0687. The van der Waals surface area contributed by atoms with Crippen LogP contribution in [-0.2, 0) is 4.74 Å². The molecule has 0 saturated carbocycles. The number of esters is 1. The lowest BCUT2D eigenvalue weighted by molar-refractivity contribution is 0.0597. The standard InChI is InChI=1S/C11H11NO4/c1-12-7-16-8-4-5-9(11(13)15-3)10(6-8)14-2/h4-6H,7H2,2-3H3. The van der Waals surface area contributed by atoms with Crippen molar-refractivity contribution >= 4 is 5.97 Å². The Labute approximate surface area is 93.4 Å². The van der Waals surface area contributed by atoms with Crippen LogP contribution in [0.2, 0.25) is 0 Å². The zero-order valence-electron chi connectivity index (χ0n) is 9.02. The van der Waals surface area contributed by atoms with Gasteiger partial charge >= 0.3 is 12.7 Å². The average Bonchev–Trinajstić information content (AvgIpc) is 2.34. The maximum atomic E-state index is 11.3. The summed E-state index contributed by atoms with van der Waals surface area (Å²) >= 11 is 0. The van der Waals surface area contributed by atoms with E-state index in [1.807, 2.05) is 0 Å². The summed E-state index contributed by atoms with van der Waals surface area (Å²) < 4.78 is 14.7. The van der Waals surface area contributed by atoms with Gasteiger partial charge in [-0.15, -0.1) is 0 Å². The molecule has 0 aliphatic carbocycles. The molecule has 0 N–H and O–H groups in total. The Morgan fingerprint density at radius 3 is 2.75 bits per heavy atom. The Morgan fingerprint density at radius 2 is 2.19 bits per heavy atom. The summed E-state index contributed by atoms with van der Waals surface area (Å²) in [7, 11) is 2.74. The number of ether oxygens (including phenoxy) is 3. The van der Waals surface area contributed by atoms with E-state index in [9.17, 15) is 4.79 Å². The molecule has 0 unspecified atom stereocenters. The smallest absolute Gasteiger partial charge is 0.357 e. The lowest BCUT2D eigenvalue weighted by atomic mass is 10.2. The lowest BCUT2D eigenvalue weighted by Gasteiger charge is -2.08. The van der Waals surface area contributed by atoms with Gasteiger partial charge in [0, 0.05) is 6.07 Å². The molecular weight excluding hydrogens is 210 g/mol. The van der Waals surface area contributed by atoms with E-state index in [1.165, 1.54) is 26.4 Å². The lowest BCUT2D eigenvalue weighted by Crippen LogP contribution is -2.04. The zero-order valence-corrected chi connectivity index (χ0v) is 9.02. The number of benzene rings is 1. The summed E-state index contributed by atoms with van der Waals surface area (Å²) in [5, 5.41) is 0. The number of rotatable bonds is 4. The van der Waals surface area contributed by atoms with Crippen LogP contribution in [-0.4, -0.2) is 26.9 Å². The molecule has 0 bridgehead atoms. The molecule has 0 fully saturated rings. The van der Waals surface area contributed by atoms with Crippen molar-refractivity contribution in [2.75, 3.05) is 21.0 Å². The quantitative estimate of drug-likeness (QED) is 0.574. The van der Waals surface area contributed by atoms with Crippen molar-refractivity contribution in [2.24, 2.45) is 0 Å². The molecule has 5 nitrogen and oxygen atoms in total. The third-order valence-electron chi connectivity index (χ3n) is 1.87. The van der Waals surface area contributed by atoms with E-state index >= 15 is 0 Å². The normalized spacial score (nSPS) is 9.06. The predicted molar refractivity (Wildman–Crippen MR) is 56.4 cm³/mol. The van der Waals surface area contributed by atoms with Gasteiger partial charge < -0.3 is 14.2 Å². The molecule has 84 valence electrons. The number of nitrogens with zero attached hydrogens (tertiary/aromatic N) is 1. The van der Waals surface area contributed by atoms with E-state index in [1.54, 1.807) is 6.07 Å². The predicted octanol–water partition coefficient (Wildman–Crippen LogP) is 1.74. The Hall–Kier alpha value is -2.22. The Balaban J connectivity index is 2.98. The molecule has 0 atom stereocenters. The summed E-state index contributed by atoms with van der Waals surface area (Å²) in [6.45, 7) is 6.52. The molecule has 1 aromatic rings. The molecule has 1 aromatic carbocycles. The van der Waals surface area contributed by atoms with Gasteiger partial charge in [-0.3, -0.25) is 4.85 Å². The van der Waals surface area contributed by atoms with Gasteiger partial charge in [0.15, 0.2) is 0 Å². The molecule has 16 heavy (non-hydrogen) atoms. The SMILES string of the molecule is [C-]#[N+]COc1ccc(C(=O)OC)c(OC)c1. The molecule has 0 aliphatic heterocycles. The van der Waals surface area contributed by atoms with E-state index in [4.69, 9.17) is 16.0 Å². The molecular formula is C11H11NO4. The highest BCUT2D eigenvalue weighted by molar-refractivity contribution is 5.92. The van der Waals surface area contributed by atoms with Crippen molar-refractivity contribution in [1.29, 1.82) is 0 Å². The fourth-order valence-electron chi connectivity index (χ4n) is 1.15. The van der Waals surface area contributed by atoms with E-state index in [-0.39, 0.29) is 6.73 Å². The van der Waals surface area contributed by atoms with Crippen molar-refractivity contribution in [1.82, 2.24) is 0 Å². The molecule has 0 heterocycles. The number of hydrogen-bond acceptors (Lipinski definition) is 4. The number of carbonyl (C=O) groups excluding carboxylic acids is 1. The van der Waals surface area contributed by atoms with Crippen LogP contribution < -0.4 is 9.47 Å². The van der Waals surface area contributed by atoms with Gasteiger partial charge in [-0.25, -0.2) is 11.4 Å². The summed E-state index contributed by atoms with van der Waals surface area (Å²) in [6.07, 6.45) is 0. The van der Waals surface area contributed by atoms with Gasteiger partial charge in [-0.2, -0.15) is 0 Å². The molecule has 0 spiro atoms. The summed E-state index contributed by atoms with van der Waals surface area (Å²) in [4.78, 5) is 14.4. The Kier molecular flexibility index (Phi) is 4.16. The summed E-state index contributed by atoms with van der Waals surface area (Å²) in [5.74, 6) is 0.350. The fraction of sp³-hybridized carbons (Fsp3) is 0.273. The number of hydrogen-bond donors (Lipinski definition) is 0. The van der Waals surface area contributed by atoms with Gasteiger partial charge in [-0.1, -0.05) is 0 Å². The first kappa shape index (κ1) is 11.9. The third kappa shape index (κ3) is 2.64. The Bertz CT molecular complexity index is 422. The second kappa shape index (κ2) is 5.61. The van der Waals surface area contributed by atoms with E-state index in [0.29, 0.717) is 17.1 Å². The molecule has 0 amide bonds. The van der Waals surface area contributed by atoms with Crippen LogP contribution in [0, 0.1) is 6.57 Å². The highest BCUT2D eigenvalue weighted by Gasteiger charge is 2.13. The average molecular weight is 221 g/mol. The first-order chi connectivity index (χ1) is 7.72.